The topological polar surface area (TPSA) is 77.6 Å². The Labute approximate surface area is 128 Å². The summed E-state index contributed by atoms with van der Waals surface area (Å²) in [6.45, 7) is 3.30. The summed E-state index contributed by atoms with van der Waals surface area (Å²) in [5.41, 5.74) is 0.429. The molecule has 0 radical (unpaired) electrons. The van der Waals surface area contributed by atoms with Gasteiger partial charge in [-0.15, -0.1) is 0 Å². The molecule has 6 nitrogen and oxygen atoms in total. The number of fused-ring (bicyclic) bond motifs is 1. The molecule has 118 valence electrons. The lowest BCUT2D eigenvalue weighted by molar-refractivity contribution is -0.145. The van der Waals surface area contributed by atoms with E-state index in [0.29, 0.717) is 24.5 Å². The third kappa shape index (κ3) is 4.60. The summed E-state index contributed by atoms with van der Waals surface area (Å²) < 4.78 is 15.6. The van der Waals surface area contributed by atoms with Crippen molar-refractivity contribution in [2.45, 2.75) is 13.3 Å². The third-order valence-electron chi connectivity index (χ3n) is 2.98. The molecule has 0 aliphatic rings. The minimum absolute atomic E-state index is 0.138. The lowest BCUT2D eigenvalue weighted by Crippen LogP contribution is -2.13. The number of carbonyl (C=O) groups excluding carboxylic acids is 1. The Morgan fingerprint density at radius 2 is 2.00 bits per heavy atom. The van der Waals surface area contributed by atoms with Crippen LogP contribution in [0.2, 0.25) is 0 Å². The molecule has 0 saturated heterocycles. The zero-order valence-corrected chi connectivity index (χ0v) is 12.5. The van der Waals surface area contributed by atoms with Crippen LogP contribution >= 0.6 is 0 Å². The molecule has 0 aliphatic carbocycles. The molecular formula is C16H19NO5. The number of hydrogen-bond donors (Lipinski definition) is 1. The summed E-state index contributed by atoms with van der Waals surface area (Å²) in [7, 11) is 0. The molecule has 2 aromatic rings. The maximum Gasteiger partial charge on any atom is 0.309 e. The predicted octanol–water partition coefficient (Wildman–Crippen LogP) is 1.88. The first-order valence-corrected chi connectivity index (χ1v) is 7.19. The highest BCUT2D eigenvalue weighted by molar-refractivity contribution is 5.84. The Kier molecular flexibility index (Phi) is 5.97. The summed E-state index contributed by atoms with van der Waals surface area (Å²) in [5.74, 6) is 0.200. The van der Waals surface area contributed by atoms with E-state index in [1.807, 2.05) is 19.1 Å². The largest absolute Gasteiger partial charge is 0.491 e. The van der Waals surface area contributed by atoms with Gasteiger partial charge < -0.3 is 19.2 Å². The van der Waals surface area contributed by atoms with Gasteiger partial charge in [-0.05, 0) is 19.1 Å². The maximum atomic E-state index is 11.5. The monoisotopic (exact) mass is 305 g/mol. The highest BCUT2D eigenvalue weighted by atomic mass is 16.6. The van der Waals surface area contributed by atoms with Crippen molar-refractivity contribution in [3.05, 3.63) is 40.7 Å². The van der Waals surface area contributed by atoms with Gasteiger partial charge in [0.1, 0.15) is 12.4 Å². The van der Waals surface area contributed by atoms with Crippen LogP contribution in [0.1, 0.15) is 13.3 Å². The number of ether oxygens (including phenoxy) is 3. The van der Waals surface area contributed by atoms with E-state index < -0.39 is 0 Å². The normalized spacial score (nSPS) is 10.6. The summed E-state index contributed by atoms with van der Waals surface area (Å²) in [6.07, 6.45) is 0.138. The third-order valence-corrected chi connectivity index (χ3v) is 2.98. The van der Waals surface area contributed by atoms with Crippen LogP contribution in [-0.4, -0.2) is 37.4 Å². The Morgan fingerprint density at radius 1 is 1.14 bits per heavy atom. The number of aromatic nitrogens is 1. The highest BCUT2D eigenvalue weighted by Gasteiger charge is 2.06. The minimum Gasteiger partial charge on any atom is -0.491 e. The molecule has 0 unspecified atom stereocenters. The van der Waals surface area contributed by atoms with Crippen molar-refractivity contribution in [2.24, 2.45) is 0 Å². The van der Waals surface area contributed by atoms with Crippen LogP contribution < -0.4 is 10.3 Å². The Balaban J connectivity index is 1.86. The predicted molar refractivity (Wildman–Crippen MR) is 82.1 cm³/mol. The number of aromatic amines is 1. The lowest BCUT2D eigenvalue weighted by atomic mass is 10.2. The molecule has 1 N–H and O–H groups in total. The van der Waals surface area contributed by atoms with Gasteiger partial charge in [0.2, 0.25) is 5.56 Å². The molecule has 1 heterocycles. The van der Waals surface area contributed by atoms with E-state index in [4.69, 9.17) is 14.2 Å². The molecule has 0 saturated carbocycles. The van der Waals surface area contributed by atoms with Crippen LogP contribution in [0.15, 0.2) is 35.1 Å². The fourth-order valence-electron chi connectivity index (χ4n) is 1.95. The summed E-state index contributed by atoms with van der Waals surface area (Å²) in [4.78, 5) is 25.6. The van der Waals surface area contributed by atoms with Gasteiger partial charge in [0, 0.05) is 18.1 Å². The number of para-hydroxylation sites is 1. The highest BCUT2D eigenvalue weighted by Crippen LogP contribution is 2.22. The maximum absolute atomic E-state index is 11.5. The van der Waals surface area contributed by atoms with Gasteiger partial charge in [0.15, 0.2) is 0 Å². The van der Waals surface area contributed by atoms with E-state index >= 15 is 0 Å². The van der Waals surface area contributed by atoms with Crippen molar-refractivity contribution in [3.63, 3.8) is 0 Å². The van der Waals surface area contributed by atoms with Gasteiger partial charge in [-0.25, -0.2) is 0 Å². The van der Waals surface area contributed by atoms with E-state index in [2.05, 4.69) is 4.98 Å². The Hall–Kier alpha value is -2.34. The van der Waals surface area contributed by atoms with Crippen molar-refractivity contribution in [1.82, 2.24) is 4.98 Å². The van der Waals surface area contributed by atoms with Gasteiger partial charge in [-0.2, -0.15) is 0 Å². The molecule has 0 fully saturated rings. The van der Waals surface area contributed by atoms with Crippen LogP contribution in [0.3, 0.4) is 0 Å². The average Bonchev–Trinajstić information content (AvgIpc) is 2.52. The van der Waals surface area contributed by atoms with E-state index in [1.165, 1.54) is 6.07 Å². The van der Waals surface area contributed by atoms with Crippen LogP contribution in [0.5, 0.6) is 5.75 Å². The number of nitrogens with one attached hydrogen (secondary N) is 1. The van der Waals surface area contributed by atoms with Crippen LogP contribution in [0.4, 0.5) is 0 Å². The zero-order chi connectivity index (χ0) is 15.8. The van der Waals surface area contributed by atoms with Gasteiger partial charge in [0.25, 0.3) is 0 Å². The second kappa shape index (κ2) is 8.19. The van der Waals surface area contributed by atoms with Gasteiger partial charge in [-0.3, -0.25) is 9.59 Å². The smallest absolute Gasteiger partial charge is 0.309 e. The molecule has 0 amide bonds. The fraction of sp³-hybridized carbons (Fsp3) is 0.375. The van der Waals surface area contributed by atoms with Crippen molar-refractivity contribution in [1.29, 1.82) is 0 Å². The van der Waals surface area contributed by atoms with Crippen molar-refractivity contribution in [2.75, 3.05) is 26.4 Å². The number of hydrogen-bond acceptors (Lipinski definition) is 5. The second-order valence-corrected chi connectivity index (χ2v) is 4.56. The number of rotatable bonds is 8. The summed E-state index contributed by atoms with van der Waals surface area (Å²) in [5, 5.41) is 0.872. The molecule has 22 heavy (non-hydrogen) atoms. The minimum atomic E-state index is -0.339. The Morgan fingerprint density at radius 3 is 2.82 bits per heavy atom. The fourth-order valence-corrected chi connectivity index (χ4v) is 1.95. The Bertz CT molecular complexity index is 680. The quantitative estimate of drug-likeness (QED) is 0.595. The average molecular weight is 305 g/mol. The van der Waals surface area contributed by atoms with Crippen LogP contribution in [0, 0.1) is 0 Å². The van der Waals surface area contributed by atoms with E-state index in [0.717, 1.165) is 5.39 Å². The first-order valence-electron chi connectivity index (χ1n) is 7.19. The number of benzene rings is 1. The number of esters is 1. The number of H-pyrrole nitrogens is 1. The molecule has 1 aromatic heterocycles. The molecule has 0 aliphatic heterocycles. The van der Waals surface area contributed by atoms with Gasteiger partial charge in [-0.1, -0.05) is 12.1 Å². The summed E-state index contributed by atoms with van der Waals surface area (Å²) >= 11 is 0. The van der Waals surface area contributed by atoms with Crippen molar-refractivity contribution >= 4 is 16.9 Å². The molecule has 0 bridgehead atoms. The number of carbonyl (C=O) groups is 1. The first-order chi connectivity index (χ1) is 10.7. The summed E-state index contributed by atoms with van der Waals surface area (Å²) in [6, 6.07) is 8.64. The SMILES string of the molecule is CCOCCOC(=O)CCOc1cccc2ccc(=O)[nH]c12. The lowest BCUT2D eigenvalue weighted by Gasteiger charge is -2.09. The van der Waals surface area contributed by atoms with Crippen LogP contribution in [-0.2, 0) is 14.3 Å². The van der Waals surface area contributed by atoms with Crippen molar-refractivity contribution in [3.8, 4) is 5.75 Å². The van der Waals surface area contributed by atoms with E-state index in [-0.39, 0.29) is 31.2 Å². The van der Waals surface area contributed by atoms with Gasteiger partial charge >= 0.3 is 5.97 Å². The van der Waals surface area contributed by atoms with E-state index in [9.17, 15) is 9.59 Å². The zero-order valence-electron chi connectivity index (χ0n) is 12.5. The molecule has 1 aromatic carbocycles. The van der Waals surface area contributed by atoms with Crippen LogP contribution in [0.25, 0.3) is 10.9 Å². The standard InChI is InChI=1S/C16H19NO5/c1-2-20-10-11-22-15(19)8-9-21-13-5-3-4-12-6-7-14(18)17-16(12)13/h3-7H,2,8-11H2,1H3,(H,17,18). The van der Waals surface area contributed by atoms with Gasteiger partial charge in [0.05, 0.1) is 25.2 Å². The molecular weight excluding hydrogens is 286 g/mol. The number of pyridine rings is 1. The molecule has 0 atom stereocenters. The first kappa shape index (κ1) is 16.0. The second-order valence-electron chi connectivity index (χ2n) is 4.56. The van der Waals surface area contributed by atoms with E-state index in [1.54, 1.807) is 12.1 Å². The molecule has 6 heteroatoms. The molecule has 2 rings (SSSR count). The van der Waals surface area contributed by atoms with Crippen molar-refractivity contribution < 1.29 is 19.0 Å². The molecule has 0 spiro atoms.